The van der Waals surface area contributed by atoms with E-state index >= 15 is 0 Å². The van der Waals surface area contributed by atoms with Gasteiger partial charge in [-0.1, -0.05) is 24.3 Å². The van der Waals surface area contributed by atoms with E-state index in [4.69, 9.17) is 14.3 Å². The van der Waals surface area contributed by atoms with Gasteiger partial charge in [-0.05, 0) is 41.5 Å². The molecule has 0 aliphatic heterocycles. The predicted octanol–water partition coefficient (Wildman–Crippen LogP) is 3.43. The predicted molar refractivity (Wildman–Crippen MR) is 125 cm³/mol. The number of rotatable bonds is 12. The van der Waals surface area contributed by atoms with Gasteiger partial charge < -0.3 is 30.2 Å². The van der Waals surface area contributed by atoms with Crippen molar-refractivity contribution < 1.29 is 23.4 Å². The Bertz CT molecular complexity index is 1040. The molecule has 33 heavy (non-hydrogen) atoms. The van der Waals surface area contributed by atoms with Crippen LogP contribution in [-0.4, -0.2) is 37.3 Å². The Hall–Kier alpha value is -3.20. The number of aliphatic hydroxyl groups is 1. The molecule has 3 aromatic rings. The number of anilines is 1. The lowest BCUT2D eigenvalue weighted by Crippen LogP contribution is -2.36. The first-order valence-corrected chi connectivity index (χ1v) is 10.8. The number of nitrogens with one attached hydrogen (secondary N) is 3. The summed E-state index contributed by atoms with van der Waals surface area (Å²) in [5.41, 5.74) is 3.02. The molecule has 1 atom stereocenters. The average molecular weight is 456 g/mol. The molecule has 1 heterocycles. The molecule has 0 unspecified atom stereocenters. The van der Waals surface area contributed by atoms with Crippen molar-refractivity contribution in [1.29, 1.82) is 0 Å². The van der Waals surface area contributed by atoms with E-state index in [-0.39, 0.29) is 24.4 Å². The maximum absolute atomic E-state index is 14.7. The van der Waals surface area contributed by atoms with Gasteiger partial charge in [0.1, 0.15) is 23.9 Å². The first-order chi connectivity index (χ1) is 16.0. The number of ether oxygens (including phenoxy) is 1. The Kier molecular flexibility index (Phi) is 9.00. The van der Waals surface area contributed by atoms with E-state index in [2.05, 4.69) is 16.0 Å². The van der Waals surface area contributed by atoms with Gasteiger partial charge in [0.25, 0.3) is 0 Å². The van der Waals surface area contributed by atoms with Crippen LogP contribution >= 0.6 is 0 Å². The van der Waals surface area contributed by atoms with Crippen molar-refractivity contribution in [1.82, 2.24) is 10.6 Å². The van der Waals surface area contributed by atoms with E-state index in [1.807, 2.05) is 36.4 Å². The van der Waals surface area contributed by atoms with Gasteiger partial charge in [-0.25, -0.2) is 4.39 Å². The number of amides is 1. The van der Waals surface area contributed by atoms with Crippen molar-refractivity contribution in [2.75, 3.05) is 25.5 Å². The molecule has 0 saturated heterocycles. The number of carbonyl (C=O) groups excluding carboxylic acids is 1. The Morgan fingerprint density at radius 1 is 1.06 bits per heavy atom. The number of aliphatic hydroxyl groups excluding tert-OH is 1. The second-order valence-electron chi connectivity index (χ2n) is 7.70. The third-order valence-corrected chi connectivity index (χ3v) is 5.18. The van der Waals surface area contributed by atoms with E-state index in [0.717, 1.165) is 16.9 Å². The lowest BCUT2D eigenvalue weighted by molar-refractivity contribution is -0.119. The summed E-state index contributed by atoms with van der Waals surface area (Å²) in [7, 11) is 1.57. The summed E-state index contributed by atoms with van der Waals surface area (Å²) in [5.74, 6) is 0.865. The standard InChI is InChI=1S/C25H30FN3O4/c1-17(31)28-14-23(32-2)15-29-20-7-10-24(25(26)11-20)19-5-3-18(4-6-19)12-27-13-21-8-9-22(16-30)33-21/h3-11,23,27,29-30H,12-16H2,1-2H3,(H,28,31)/t23-/m0/s1. The zero-order valence-corrected chi connectivity index (χ0v) is 18.9. The molecule has 0 aliphatic carbocycles. The lowest BCUT2D eigenvalue weighted by atomic mass is 10.0. The first kappa shape index (κ1) is 24.4. The molecule has 0 spiro atoms. The number of benzene rings is 2. The summed E-state index contributed by atoms with van der Waals surface area (Å²) in [4.78, 5) is 11.0. The van der Waals surface area contributed by atoms with Gasteiger partial charge in [0, 0.05) is 44.9 Å². The second kappa shape index (κ2) is 12.2. The number of carbonyl (C=O) groups is 1. The monoisotopic (exact) mass is 455 g/mol. The van der Waals surface area contributed by atoms with E-state index in [9.17, 15) is 9.18 Å². The fourth-order valence-electron chi connectivity index (χ4n) is 3.32. The molecule has 1 aromatic heterocycles. The molecule has 2 aromatic carbocycles. The summed E-state index contributed by atoms with van der Waals surface area (Å²) >= 11 is 0. The highest BCUT2D eigenvalue weighted by atomic mass is 19.1. The number of methoxy groups -OCH3 is 1. The largest absolute Gasteiger partial charge is 0.462 e. The van der Waals surface area contributed by atoms with E-state index in [0.29, 0.717) is 43.2 Å². The van der Waals surface area contributed by atoms with Crippen molar-refractivity contribution in [2.24, 2.45) is 0 Å². The lowest BCUT2D eigenvalue weighted by Gasteiger charge is -2.17. The smallest absolute Gasteiger partial charge is 0.216 e. The molecule has 4 N–H and O–H groups in total. The molecular formula is C25H30FN3O4. The van der Waals surface area contributed by atoms with Gasteiger partial charge >= 0.3 is 0 Å². The Labute approximate surface area is 193 Å². The molecule has 0 fully saturated rings. The highest BCUT2D eigenvalue weighted by Crippen LogP contribution is 2.26. The van der Waals surface area contributed by atoms with Crippen molar-refractivity contribution in [3.8, 4) is 11.1 Å². The number of hydrogen-bond acceptors (Lipinski definition) is 6. The summed E-state index contributed by atoms with van der Waals surface area (Å²) in [6.07, 6.45) is -0.220. The first-order valence-electron chi connectivity index (χ1n) is 10.8. The highest BCUT2D eigenvalue weighted by Gasteiger charge is 2.10. The van der Waals surface area contributed by atoms with Crippen LogP contribution < -0.4 is 16.0 Å². The normalized spacial score (nSPS) is 11.9. The third kappa shape index (κ3) is 7.42. The Morgan fingerprint density at radius 3 is 2.45 bits per heavy atom. The van der Waals surface area contributed by atoms with E-state index in [1.165, 1.54) is 13.0 Å². The molecule has 7 nitrogen and oxygen atoms in total. The van der Waals surface area contributed by atoms with Crippen molar-refractivity contribution in [3.63, 3.8) is 0 Å². The molecule has 0 saturated carbocycles. The van der Waals surface area contributed by atoms with Gasteiger partial charge in [0.05, 0.1) is 12.6 Å². The van der Waals surface area contributed by atoms with Gasteiger partial charge in [0.2, 0.25) is 5.91 Å². The Balaban J connectivity index is 1.53. The molecule has 0 bridgehead atoms. The summed E-state index contributed by atoms with van der Waals surface area (Å²) in [6, 6.07) is 16.3. The van der Waals surface area contributed by atoms with Crippen molar-refractivity contribution in [2.45, 2.75) is 32.7 Å². The summed E-state index contributed by atoms with van der Waals surface area (Å²) < 4.78 is 25.5. The van der Waals surface area contributed by atoms with Gasteiger partial charge in [0.15, 0.2) is 0 Å². The molecule has 0 radical (unpaired) electrons. The molecule has 1 amide bonds. The van der Waals surface area contributed by atoms with Crippen LogP contribution in [0.3, 0.4) is 0 Å². The van der Waals surface area contributed by atoms with Gasteiger partial charge in [-0.3, -0.25) is 4.79 Å². The Morgan fingerprint density at radius 2 is 1.82 bits per heavy atom. The quantitative estimate of drug-likeness (QED) is 0.334. The number of halogens is 1. The van der Waals surface area contributed by atoms with Gasteiger partial charge in [-0.2, -0.15) is 0 Å². The van der Waals surface area contributed by atoms with Crippen LogP contribution in [0.5, 0.6) is 0 Å². The van der Waals surface area contributed by atoms with Crippen LogP contribution in [0.25, 0.3) is 11.1 Å². The molecule has 3 rings (SSSR count). The van der Waals surface area contributed by atoms with Crippen LogP contribution in [0.1, 0.15) is 24.0 Å². The fraction of sp³-hybridized carbons (Fsp3) is 0.320. The SMILES string of the molecule is CO[C@@H](CNC(C)=O)CNc1ccc(-c2ccc(CNCc3ccc(CO)o3)cc2)c(F)c1. The summed E-state index contributed by atoms with van der Waals surface area (Å²) in [5, 5.41) is 18.2. The van der Waals surface area contributed by atoms with Crippen molar-refractivity contribution >= 4 is 11.6 Å². The maximum Gasteiger partial charge on any atom is 0.216 e. The zero-order chi connectivity index (χ0) is 23.6. The van der Waals surface area contributed by atoms with E-state index in [1.54, 1.807) is 19.2 Å². The topological polar surface area (TPSA) is 95.8 Å². The zero-order valence-electron chi connectivity index (χ0n) is 18.9. The number of hydrogen-bond donors (Lipinski definition) is 4. The average Bonchev–Trinajstić information content (AvgIpc) is 3.28. The van der Waals surface area contributed by atoms with Gasteiger partial charge in [-0.15, -0.1) is 0 Å². The highest BCUT2D eigenvalue weighted by molar-refractivity contribution is 5.72. The molecular weight excluding hydrogens is 425 g/mol. The maximum atomic E-state index is 14.7. The van der Waals surface area contributed by atoms with E-state index < -0.39 is 0 Å². The minimum atomic E-state index is -0.320. The number of furan rings is 1. The third-order valence-electron chi connectivity index (χ3n) is 5.18. The molecule has 8 heteroatoms. The fourth-order valence-corrected chi connectivity index (χ4v) is 3.32. The molecule has 176 valence electrons. The van der Waals surface area contributed by atoms with Crippen LogP contribution in [-0.2, 0) is 29.2 Å². The van der Waals surface area contributed by atoms with Crippen molar-refractivity contribution in [3.05, 3.63) is 77.5 Å². The van der Waals surface area contributed by atoms with Crippen LogP contribution in [0.4, 0.5) is 10.1 Å². The minimum absolute atomic E-state index is 0.110. The second-order valence-corrected chi connectivity index (χ2v) is 7.70. The van der Waals surface area contributed by atoms with Crippen LogP contribution in [0.2, 0.25) is 0 Å². The summed E-state index contributed by atoms with van der Waals surface area (Å²) in [6.45, 7) is 3.36. The minimum Gasteiger partial charge on any atom is -0.462 e. The molecule has 0 aliphatic rings. The van der Waals surface area contributed by atoms with Crippen LogP contribution in [0.15, 0.2) is 59.0 Å². The van der Waals surface area contributed by atoms with Crippen LogP contribution in [0, 0.1) is 5.82 Å².